The summed E-state index contributed by atoms with van der Waals surface area (Å²) in [4.78, 5) is 0.00867. The second-order valence-electron chi connectivity index (χ2n) is 5.12. The third-order valence-corrected chi connectivity index (χ3v) is 5.80. The highest BCUT2D eigenvalue weighted by Gasteiger charge is 2.34. The molecular formula is C16H17F3NO3S+. The van der Waals surface area contributed by atoms with Gasteiger partial charge in [0, 0.05) is 0 Å². The predicted molar refractivity (Wildman–Crippen MR) is 82.1 cm³/mol. The van der Waals surface area contributed by atoms with Gasteiger partial charge in [-0.2, -0.15) is 13.2 Å². The second-order valence-corrected chi connectivity index (χ2v) is 7.25. The molecule has 4 nitrogen and oxygen atoms in total. The lowest BCUT2D eigenvalue weighted by Crippen LogP contribution is -2.54. The van der Waals surface area contributed by atoms with Gasteiger partial charge in [0.05, 0.1) is 24.1 Å². The molecule has 0 aliphatic carbocycles. The number of alkyl halides is 3. The molecule has 0 saturated heterocycles. The molecule has 0 aliphatic heterocycles. The van der Waals surface area contributed by atoms with Crippen LogP contribution in [0.4, 0.5) is 13.2 Å². The zero-order valence-corrected chi connectivity index (χ0v) is 13.7. The molecule has 0 fully saturated rings. The van der Waals surface area contributed by atoms with Crippen molar-refractivity contribution in [3.05, 3.63) is 59.7 Å². The number of halogens is 3. The summed E-state index contributed by atoms with van der Waals surface area (Å²) < 4.78 is 69.1. The summed E-state index contributed by atoms with van der Waals surface area (Å²) in [5.41, 5.74) is 2.77. The van der Waals surface area contributed by atoms with E-state index in [2.05, 4.69) is 5.73 Å². The van der Waals surface area contributed by atoms with E-state index in [0.717, 1.165) is 12.1 Å². The lowest BCUT2D eigenvalue weighted by Gasteiger charge is -2.16. The predicted octanol–water partition coefficient (Wildman–Crippen LogP) is 2.47. The third kappa shape index (κ3) is 3.70. The number of rotatable bonds is 5. The first kappa shape index (κ1) is 18.3. The minimum Gasteiger partial charge on any atom is -0.497 e. The molecule has 3 N–H and O–H groups in total. The average Bonchev–Trinajstić information content (AvgIpc) is 2.55. The molecule has 8 heteroatoms. The molecule has 2 rings (SSSR count). The van der Waals surface area contributed by atoms with Gasteiger partial charge in [-0.25, -0.2) is 8.42 Å². The molecule has 0 bridgehead atoms. The van der Waals surface area contributed by atoms with Crippen molar-refractivity contribution in [2.45, 2.75) is 16.3 Å². The number of ether oxygens (including phenoxy) is 1. The molecule has 0 aliphatic rings. The Bertz CT molecular complexity index is 802. The van der Waals surface area contributed by atoms with E-state index in [9.17, 15) is 21.6 Å². The van der Waals surface area contributed by atoms with Crippen molar-refractivity contribution in [3.8, 4) is 5.75 Å². The van der Waals surface area contributed by atoms with Crippen LogP contribution in [0.3, 0.4) is 0 Å². The van der Waals surface area contributed by atoms with Gasteiger partial charge in [0.1, 0.15) is 11.0 Å². The van der Waals surface area contributed by atoms with Gasteiger partial charge in [-0.15, -0.1) is 0 Å². The Morgan fingerprint density at radius 3 is 2.25 bits per heavy atom. The molecule has 0 spiro atoms. The van der Waals surface area contributed by atoms with E-state index in [0.29, 0.717) is 5.75 Å². The highest BCUT2D eigenvalue weighted by molar-refractivity contribution is 7.91. The smallest absolute Gasteiger partial charge is 0.416 e. The highest BCUT2D eigenvalue weighted by Crippen LogP contribution is 2.34. The van der Waals surface area contributed by atoms with Crippen LogP contribution in [0.15, 0.2) is 53.4 Å². The van der Waals surface area contributed by atoms with Gasteiger partial charge in [0.25, 0.3) is 0 Å². The number of sulfone groups is 1. The van der Waals surface area contributed by atoms with Crippen LogP contribution >= 0.6 is 0 Å². The van der Waals surface area contributed by atoms with Crippen LogP contribution < -0.4 is 10.5 Å². The number of hydrogen-bond donors (Lipinski definition) is 1. The molecule has 0 radical (unpaired) electrons. The molecule has 0 saturated carbocycles. The number of benzene rings is 2. The summed E-state index contributed by atoms with van der Waals surface area (Å²) in [6.45, 7) is -0.0876. The highest BCUT2D eigenvalue weighted by atomic mass is 32.2. The zero-order valence-electron chi connectivity index (χ0n) is 12.9. The maximum absolute atomic E-state index is 12.9. The first-order chi connectivity index (χ1) is 11.2. The van der Waals surface area contributed by atoms with Crippen molar-refractivity contribution in [1.29, 1.82) is 0 Å². The van der Waals surface area contributed by atoms with E-state index in [4.69, 9.17) is 4.74 Å². The van der Waals surface area contributed by atoms with Crippen LogP contribution in [0.5, 0.6) is 5.75 Å². The summed E-state index contributed by atoms with van der Waals surface area (Å²) >= 11 is 0. The van der Waals surface area contributed by atoms with Crippen molar-refractivity contribution < 1.29 is 32.1 Å². The van der Waals surface area contributed by atoms with Gasteiger partial charge in [0.2, 0.25) is 0 Å². The van der Waals surface area contributed by atoms with Crippen LogP contribution in [-0.2, 0) is 16.0 Å². The molecule has 2 aromatic carbocycles. The van der Waals surface area contributed by atoms with Crippen molar-refractivity contribution in [2.75, 3.05) is 13.7 Å². The fourth-order valence-electron chi connectivity index (χ4n) is 2.35. The summed E-state index contributed by atoms with van der Waals surface area (Å²) in [7, 11) is -2.43. The van der Waals surface area contributed by atoms with Crippen LogP contribution in [0.2, 0.25) is 0 Å². The number of hydrogen-bond acceptors (Lipinski definition) is 3. The van der Waals surface area contributed by atoms with Crippen LogP contribution in [0, 0.1) is 0 Å². The Morgan fingerprint density at radius 1 is 1.12 bits per heavy atom. The van der Waals surface area contributed by atoms with E-state index in [1.165, 1.54) is 43.5 Å². The van der Waals surface area contributed by atoms with Gasteiger partial charge in [0.15, 0.2) is 9.84 Å². The molecule has 0 aromatic heterocycles. The van der Waals surface area contributed by atoms with E-state index in [1.807, 2.05) is 0 Å². The summed E-state index contributed by atoms with van der Waals surface area (Å²) in [6.07, 6.45) is -4.54. The van der Waals surface area contributed by atoms with Crippen LogP contribution in [-0.4, -0.2) is 22.1 Å². The number of methoxy groups -OCH3 is 1. The Labute approximate surface area is 138 Å². The average molecular weight is 360 g/mol. The fraction of sp³-hybridized carbons (Fsp3) is 0.250. The van der Waals surface area contributed by atoms with E-state index in [1.54, 1.807) is 0 Å². The molecule has 0 heterocycles. The topological polar surface area (TPSA) is 71.0 Å². The first-order valence-corrected chi connectivity index (χ1v) is 8.59. The molecule has 24 heavy (non-hydrogen) atoms. The quantitative estimate of drug-likeness (QED) is 0.890. The molecule has 0 unspecified atom stereocenters. The fourth-order valence-corrected chi connectivity index (χ4v) is 4.01. The Morgan fingerprint density at radius 2 is 1.75 bits per heavy atom. The van der Waals surface area contributed by atoms with Crippen molar-refractivity contribution >= 4 is 9.84 Å². The van der Waals surface area contributed by atoms with Gasteiger partial charge >= 0.3 is 6.18 Å². The normalized spacial score (nSPS) is 13.5. The zero-order chi connectivity index (χ0) is 18.0. The van der Waals surface area contributed by atoms with Crippen LogP contribution in [0.1, 0.15) is 16.4 Å². The van der Waals surface area contributed by atoms with Crippen molar-refractivity contribution in [1.82, 2.24) is 0 Å². The Hall–Kier alpha value is -2.06. The molecular weight excluding hydrogens is 343 g/mol. The van der Waals surface area contributed by atoms with Gasteiger partial charge in [-0.05, 0) is 35.9 Å². The van der Waals surface area contributed by atoms with Gasteiger partial charge < -0.3 is 10.5 Å². The monoisotopic (exact) mass is 360 g/mol. The van der Waals surface area contributed by atoms with E-state index in [-0.39, 0.29) is 17.0 Å². The Kier molecular flexibility index (Phi) is 5.19. The van der Waals surface area contributed by atoms with Crippen LogP contribution in [0.25, 0.3) is 0 Å². The van der Waals surface area contributed by atoms with E-state index >= 15 is 0 Å². The standard InChI is InChI=1S/C16H16F3NO3S/c1-23-13-5-7-14(8-6-13)24(21,22)15(10-20)11-3-2-4-12(9-11)16(17,18)19/h2-9,15H,10,20H2,1H3/p+1/t15-/m1/s1. The maximum Gasteiger partial charge on any atom is 0.416 e. The SMILES string of the molecule is COc1ccc(S(=O)(=O)[C@H](C[NH3+])c2cccc(C(F)(F)F)c2)cc1. The molecule has 2 aromatic rings. The third-order valence-electron chi connectivity index (χ3n) is 3.61. The van der Waals surface area contributed by atoms with Crippen molar-refractivity contribution in [2.24, 2.45) is 0 Å². The summed E-state index contributed by atoms with van der Waals surface area (Å²) in [6, 6.07) is 10.0. The molecule has 0 amide bonds. The molecule has 1 atom stereocenters. The van der Waals surface area contributed by atoms with Crippen molar-refractivity contribution in [3.63, 3.8) is 0 Å². The largest absolute Gasteiger partial charge is 0.497 e. The number of quaternary nitrogens is 1. The Balaban J connectivity index is 2.46. The summed E-state index contributed by atoms with van der Waals surface area (Å²) in [5, 5.41) is -1.16. The maximum atomic E-state index is 12.9. The lowest BCUT2D eigenvalue weighted by molar-refractivity contribution is -0.367. The van der Waals surface area contributed by atoms with E-state index < -0.39 is 26.8 Å². The summed E-state index contributed by atoms with van der Waals surface area (Å²) in [5.74, 6) is 0.485. The first-order valence-electron chi connectivity index (χ1n) is 7.04. The minimum absolute atomic E-state index is 0.00867. The molecule has 130 valence electrons. The minimum atomic E-state index is -4.54. The second kappa shape index (κ2) is 6.82. The van der Waals surface area contributed by atoms with Gasteiger partial charge in [-0.1, -0.05) is 18.2 Å². The lowest BCUT2D eigenvalue weighted by atomic mass is 10.1. The van der Waals surface area contributed by atoms with Gasteiger partial charge in [-0.3, -0.25) is 0 Å².